The molecule has 3 aromatic rings. The number of nitrogens with zero attached hydrogens (tertiary/aromatic N) is 2. The van der Waals surface area contributed by atoms with Gasteiger partial charge in [0.2, 0.25) is 17.6 Å². The lowest BCUT2D eigenvalue weighted by Gasteiger charge is -2.50. The number of carbonyl (C=O) groups is 4. The number of hydrogen-bond acceptors (Lipinski definition) is 6. The van der Waals surface area contributed by atoms with E-state index < -0.39 is 98.2 Å². The van der Waals surface area contributed by atoms with E-state index in [-0.39, 0.29) is 37.5 Å². The van der Waals surface area contributed by atoms with E-state index in [1.165, 1.54) is 19.2 Å². The largest absolute Gasteiger partial charge is 0.504 e. The zero-order valence-electron chi connectivity index (χ0n) is 26.4. The number of anilines is 2. The van der Waals surface area contributed by atoms with E-state index >= 15 is 8.78 Å². The molecule has 266 valence electrons. The fourth-order valence-corrected chi connectivity index (χ4v) is 9.55. The summed E-state index contributed by atoms with van der Waals surface area (Å²) in [6.07, 6.45) is 1.65. The third-order valence-corrected chi connectivity index (χ3v) is 12.7. The number of alkyl halides is 2. The molecule has 1 saturated carbocycles. The summed E-state index contributed by atoms with van der Waals surface area (Å²) in [5.74, 6) is -21.7. The van der Waals surface area contributed by atoms with Crippen molar-refractivity contribution in [3.05, 3.63) is 91.8 Å². The molecule has 4 aliphatic rings. The highest BCUT2D eigenvalue weighted by Gasteiger charge is 2.77. The molecule has 7 rings (SSSR count). The smallest absolute Gasteiger partial charge is 0.258 e. The number of aryl methyl sites for hydroxylation is 1. The number of amides is 4. The Balaban J connectivity index is 1.44. The van der Waals surface area contributed by atoms with Gasteiger partial charge in [0.25, 0.3) is 11.8 Å². The normalized spacial score (nSPS) is 28.5. The summed E-state index contributed by atoms with van der Waals surface area (Å²) in [5.41, 5.74) is -0.224. The van der Waals surface area contributed by atoms with Crippen LogP contribution in [-0.2, 0) is 25.6 Å². The number of phenols is 1. The zero-order chi connectivity index (χ0) is 37.1. The molecule has 2 aliphatic heterocycles. The van der Waals surface area contributed by atoms with Crippen LogP contribution in [0.1, 0.15) is 36.8 Å². The van der Waals surface area contributed by atoms with Crippen LogP contribution in [0.4, 0.5) is 33.3 Å². The van der Waals surface area contributed by atoms with Crippen molar-refractivity contribution in [2.75, 3.05) is 16.9 Å². The monoisotopic (exact) mass is 860 g/mol. The summed E-state index contributed by atoms with van der Waals surface area (Å²) >= 11 is 16.1. The molecule has 6 atom stereocenters. The van der Waals surface area contributed by atoms with E-state index in [4.69, 9.17) is 27.9 Å². The predicted octanol–water partition coefficient (Wildman–Crippen LogP) is 7.03. The summed E-state index contributed by atoms with van der Waals surface area (Å²) in [5, 5.41) is 10.6. The number of carbonyl (C=O) groups excluding carboxylic acids is 4. The van der Waals surface area contributed by atoms with Crippen LogP contribution >= 0.6 is 45.8 Å². The topological polar surface area (TPSA) is 104 Å². The molecule has 4 amide bonds. The number of halogens is 8. The quantitative estimate of drug-likeness (QED) is 0.0563. The van der Waals surface area contributed by atoms with Crippen molar-refractivity contribution in [3.63, 3.8) is 0 Å². The summed E-state index contributed by atoms with van der Waals surface area (Å²) in [6.45, 7) is 1.94. The predicted molar refractivity (Wildman–Crippen MR) is 182 cm³/mol. The van der Waals surface area contributed by atoms with Gasteiger partial charge in [-0.25, -0.2) is 26.9 Å². The number of imide groups is 2. The van der Waals surface area contributed by atoms with E-state index in [1.807, 2.05) is 6.92 Å². The molecule has 8 nitrogen and oxygen atoms in total. The Hall–Kier alpha value is -3.76. The van der Waals surface area contributed by atoms with Gasteiger partial charge in [-0.1, -0.05) is 30.7 Å². The molecule has 3 aromatic carbocycles. The Bertz CT molecular complexity index is 2110. The minimum atomic E-state index is -2.70. The molecule has 16 heteroatoms. The molecule has 1 N–H and O–H groups in total. The number of phenolic OH excluding ortho intramolecular Hbond substituents is 1. The van der Waals surface area contributed by atoms with Gasteiger partial charge in [0, 0.05) is 5.92 Å². The van der Waals surface area contributed by atoms with Crippen molar-refractivity contribution in [2.24, 2.45) is 17.8 Å². The van der Waals surface area contributed by atoms with Crippen molar-refractivity contribution < 1.29 is 51.0 Å². The maximum atomic E-state index is 15.3. The first-order valence-electron chi connectivity index (χ1n) is 15.6. The van der Waals surface area contributed by atoms with Crippen molar-refractivity contribution in [2.45, 2.75) is 41.9 Å². The lowest BCUT2D eigenvalue weighted by atomic mass is 9.56. The molecule has 0 unspecified atom stereocenters. The van der Waals surface area contributed by atoms with Gasteiger partial charge < -0.3 is 9.84 Å². The van der Waals surface area contributed by atoms with E-state index in [0.717, 1.165) is 10.5 Å². The molecule has 3 fully saturated rings. The molecule has 2 saturated heterocycles. The maximum Gasteiger partial charge on any atom is 0.258 e. The minimum Gasteiger partial charge on any atom is -0.504 e. The van der Waals surface area contributed by atoms with Gasteiger partial charge >= 0.3 is 0 Å². The van der Waals surface area contributed by atoms with Crippen LogP contribution in [0.5, 0.6) is 11.5 Å². The van der Waals surface area contributed by atoms with Gasteiger partial charge in [-0.05, 0) is 83.2 Å². The average Bonchev–Trinajstić information content (AvgIpc) is 3.45. The summed E-state index contributed by atoms with van der Waals surface area (Å²) in [7, 11) is 1.24. The first-order valence-corrected chi connectivity index (χ1v) is 17.4. The van der Waals surface area contributed by atoms with Gasteiger partial charge in [-0.2, -0.15) is 0 Å². The standard InChI is InChI=1S/C35H24Cl2F5IN2O6/c1-3-13-4-6-15(7-5-13)44-30(47)17-9-8-16-18(21(17)31(44)48)12-34(36)32(49)45(28-26(41)24(39)23(38)25(40)27(28)42)33(50)35(34,37)22(16)14-10-19(43)29(46)20(11-14)51-2/h4-8,10-11,17-18,21-22,46H,3,9,12H2,1-2H3/t17-,18+,21-,22-,34+,35-/m0/s1. The Kier molecular flexibility index (Phi) is 8.49. The van der Waals surface area contributed by atoms with Crippen molar-refractivity contribution >= 4 is 80.8 Å². The van der Waals surface area contributed by atoms with Gasteiger partial charge in [-0.15, -0.1) is 23.2 Å². The fourth-order valence-electron chi connectivity index (χ4n) is 7.99. The van der Waals surface area contributed by atoms with Crippen LogP contribution in [-0.4, -0.2) is 45.6 Å². The van der Waals surface area contributed by atoms with Crippen molar-refractivity contribution in [3.8, 4) is 11.5 Å². The van der Waals surface area contributed by atoms with Crippen LogP contribution in [0.15, 0.2) is 48.0 Å². The second-order valence-electron chi connectivity index (χ2n) is 12.8. The number of methoxy groups -OCH3 is 1. The van der Waals surface area contributed by atoms with Gasteiger partial charge in [0.1, 0.15) is 5.69 Å². The number of allylic oxidation sites excluding steroid dienone is 2. The first kappa shape index (κ1) is 35.6. The molecular formula is C35H24Cl2F5IN2O6. The number of ether oxygens (including phenoxy) is 1. The fraction of sp³-hybridized carbons (Fsp3) is 0.314. The first-order chi connectivity index (χ1) is 24.0. The third-order valence-electron chi connectivity index (χ3n) is 10.4. The SMILES string of the molecule is CCc1ccc(N2C(=O)[C@H]3[C@H](CC=C4[C@H]3C[C@@]3(Cl)C(=O)N(c5c(F)c(F)c(F)c(F)c5F)C(=O)[C@@]3(Cl)[C@H]4c3cc(I)c(O)c(OC)c3)C2=O)cc1. The number of benzene rings is 3. The Labute approximate surface area is 310 Å². The second-order valence-corrected chi connectivity index (χ2v) is 15.2. The summed E-state index contributed by atoms with van der Waals surface area (Å²) < 4.78 is 79.0. The van der Waals surface area contributed by atoms with E-state index in [0.29, 0.717) is 12.1 Å². The lowest BCUT2D eigenvalue weighted by Crippen LogP contribution is -2.60. The van der Waals surface area contributed by atoms with E-state index in [2.05, 4.69) is 0 Å². The Morgan fingerprint density at radius 2 is 1.49 bits per heavy atom. The highest BCUT2D eigenvalue weighted by atomic mass is 127. The highest BCUT2D eigenvalue weighted by molar-refractivity contribution is 14.1. The molecule has 0 radical (unpaired) electrons. The van der Waals surface area contributed by atoms with Crippen LogP contribution in [0.2, 0.25) is 0 Å². The lowest BCUT2D eigenvalue weighted by molar-refractivity contribution is -0.125. The Morgan fingerprint density at radius 1 is 0.882 bits per heavy atom. The third kappa shape index (κ3) is 4.67. The molecule has 2 heterocycles. The molecule has 51 heavy (non-hydrogen) atoms. The molecule has 0 spiro atoms. The van der Waals surface area contributed by atoms with Crippen molar-refractivity contribution in [1.29, 1.82) is 0 Å². The van der Waals surface area contributed by atoms with Gasteiger partial charge in [0.05, 0.1) is 28.2 Å². The summed E-state index contributed by atoms with van der Waals surface area (Å²) in [6, 6.07) is 9.47. The van der Waals surface area contributed by atoms with Crippen LogP contribution in [0, 0.1) is 50.4 Å². The molecule has 0 bridgehead atoms. The summed E-state index contributed by atoms with van der Waals surface area (Å²) in [4.78, 5) is 52.4. The molecular weight excluding hydrogens is 837 g/mol. The highest BCUT2D eigenvalue weighted by Crippen LogP contribution is 2.66. The van der Waals surface area contributed by atoms with Gasteiger partial charge in [-0.3, -0.25) is 24.1 Å². The minimum absolute atomic E-state index is 0.0147. The number of fused-ring (bicyclic) bond motifs is 4. The number of aromatic hydroxyl groups is 1. The zero-order valence-corrected chi connectivity index (χ0v) is 30.0. The van der Waals surface area contributed by atoms with Crippen molar-refractivity contribution in [1.82, 2.24) is 0 Å². The number of hydrogen-bond donors (Lipinski definition) is 1. The van der Waals surface area contributed by atoms with Gasteiger partial charge in [0.15, 0.2) is 44.5 Å². The van der Waals surface area contributed by atoms with Crippen LogP contribution < -0.4 is 14.5 Å². The Morgan fingerprint density at radius 3 is 2.08 bits per heavy atom. The van der Waals surface area contributed by atoms with Crippen LogP contribution in [0.3, 0.4) is 0 Å². The second kappa shape index (κ2) is 12.2. The van der Waals surface area contributed by atoms with Crippen LogP contribution in [0.25, 0.3) is 0 Å². The average molecular weight is 861 g/mol. The molecule has 0 aromatic heterocycles. The van der Waals surface area contributed by atoms with E-state index in [9.17, 15) is 37.5 Å². The molecule has 2 aliphatic carbocycles. The maximum absolute atomic E-state index is 15.3. The van der Waals surface area contributed by atoms with E-state index in [1.54, 1.807) is 52.9 Å². The number of rotatable bonds is 5.